The number of nitrogens with zero attached hydrogens (tertiary/aromatic N) is 1. The fraction of sp³-hybridized carbons (Fsp3) is 0.462. The van der Waals surface area contributed by atoms with Crippen LogP contribution in [-0.2, 0) is 4.74 Å². The van der Waals surface area contributed by atoms with Crippen molar-refractivity contribution in [3.8, 4) is 0 Å². The van der Waals surface area contributed by atoms with Crippen molar-refractivity contribution in [2.24, 2.45) is 0 Å². The van der Waals surface area contributed by atoms with E-state index in [0.29, 0.717) is 0 Å². The maximum atomic E-state index is 12.2. The molecule has 1 fully saturated rings. The molecule has 1 heterocycles. The van der Waals surface area contributed by atoms with Crippen LogP contribution in [0.3, 0.4) is 0 Å². The summed E-state index contributed by atoms with van der Waals surface area (Å²) in [5.74, 6) is 0.0761. The number of carbonyl (C=O) groups is 1. The molecule has 0 aromatic heterocycles. The van der Waals surface area contributed by atoms with E-state index in [1.165, 1.54) is 0 Å². The Kier molecular flexibility index (Phi) is 3.57. The van der Waals surface area contributed by atoms with Gasteiger partial charge in [-0.05, 0) is 31.4 Å². The highest BCUT2D eigenvalue weighted by molar-refractivity contribution is 5.94. The number of ether oxygens (including phenoxy) is 1. The minimum absolute atomic E-state index is 0.0542. The molecule has 0 saturated carbocycles. The lowest BCUT2D eigenvalue weighted by Gasteiger charge is -2.34. The van der Waals surface area contributed by atoms with E-state index in [1.54, 1.807) is 7.11 Å². The van der Waals surface area contributed by atoms with E-state index in [1.807, 2.05) is 35.2 Å². The van der Waals surface area contributed by atoms with E-state index in [4.69, 9.17) is 4.74 Å². The number of hydrogen-bond acceptors (Lipinski definition) is 2. The number of amides is 1. The van der Waals surface area contributed by atoms with Crippen molar-refractivity contribution in [3.05, 3.63) is 35.9 Å². The van der Waals surface area contributed by atoms with Crippen LogP contribution in [0.5, 0.6) is 0 Å². The van der Waals surface area contributed by atoms with Crippen LogP contribution in [0.15, 0.2) is 30.3 Å². The number of piperidine rings is 1. The monoisotopic (exact) mass is 219 g/mol. The van der Waals surface area contributed by atoms with Gasteiger partial charge in [0.2, 0.25) is 0 Å². The maximum absolute atomic E-state index is 12.2. The van der Waals surface area contributed by atoms with Gasteiger partial charge in [0.1, 0.15) is 6.23 Å². The van der Waals surface area contributed by atoms with E-state index in [9.17, 15) is 4.79 Å². The van der Waals surface area contributed by atoms with Gasteiger partial charge in [-0.2, -0.15) is 0 Å². The molecule has 1 aliphatic rings. The number of carbonyl (C=O) groups excluding carboxylic acids is 1. The Bertz CT molecular complexity index is 350. The second kappa shape index (κ2) is 5.12. The van der Waals surface area contributed by atoms with Crippen LogP contribution in [0.2, 0.25) is 0 Å². The fourth-order valence-corrected chi connectivity index (χ4v) is 2.12. The third-order valence-electron chi connectivity index (χ3n) is 3.00. The van der Waals surface area contributed by atoms with Crippen LogP contribution in [-0.4, -0.2) is 30.7 Å². The van der Waals surface area contributed by atoms with Crippen LogP contribution in [0, 0.1) is 0 Å². The van der Waals surface area contributed by atoms with Crippen molar-refractivity contribution in [2.45, 2.75) is 25.5 Å². The molecule has 3 heteroatoms. The molecule has 1 atom stereocenters. The van der Waals surface area contributed by atoms with Crippen molar-refractivity contribution >= 4 is 5.91 Å². The van der Waals surface area contributed by atoms with Gasteiger partial charge in [-0.1, -0.05) is 18.2 Å². The molecule has 1 aromatic rings. The summed E-state index contributed by atoms with van der Waals surface area (Å²) in [7, 11) is 1.67. The molecule has 86 valence electrons. The first-order valence-corrected chi connectivity index (χ1v) is 5.72. The van der Waals surface area contributed by atoms with Gasteiger partial charge in [0.15, 0.2) is 0 Å². The molecular formula is C13H17NO2. The normalized spacial score (nSPS) is 20.8. The Morgan fingerprint density at radius 2 is 2.06 bits per heavy atom. The zero-order valence-corrected chi connectivity index (χ0v) is 9.56. The van der Waals surface area contributed by atoms with Gasteiger partial charge in [-0.15, -0.1) is 0 Å². The van der Waals surface area contributed by atoms with Gasteiger partial charge < -0.3 is 9.64 Å². The lowest BCUT2D eigenvalue weighted by Crippen LogP contribution is -2.44. The van der Waals surface area contributed by atoms with Crippen molar-refractivity contribution in [1.82, 2.24) is 4.90 Å². The van der Waals surface area contributed by atoms with Crippen LogP contribution in [0.25, 0.3) is 0 Å². The summed E-state index contributed by atoms with van der Waals surface area (Å²) >= 11 is 0. The first-order valence-electron chi connectivity index (χ1n) is 5.72. The second-order valence-corrected chi connectivity index (χ2v) is 4.05. The summed E-state index contributed by atoms with van der Waals surface area (Å²) in [5, 5.41) is 0. The minimum atomic E-state index is -0.0542. The van der Waals surface area contributed by atoms with E-state index in [0.717, 1.165) is 31.4 Å². The average molecular weight is 219 g/mol. The van der Waals surface area contributed by atoms with E-state index in [-0.39, 0.29) is 12.1 Å². The second-order valence-electron chi connectivity index (χ2n) is 4.05. The molecule has 0 aliphatic carbocycles. The molecule has 1 saturated heterocycles. The summed E-state index contributed by atoms with van der Waals surface area (Å²) < 4.78 is 5.35. The van der Waals surface area contributed by atoms with Crippen molar-refractivity contribution in [3.63, 3.8) is 0 Å². The van der Waals surface area contributed by atoms with Crippen LogP contribution < -0.4 is 0 Å². The smallest absolute Gasteiger partial charge is 0.255 e. The third kappa shape index (κ3) is 2.25. The summed E-state index contributed by atoms with van der Waals surface area (Å²) in [4.78, 5) is 14.0. The Balaban J connectivity index is 2.14. The van der Waals surface area contributed by atoms with E-state index >= 15 is 0 Å². The van der Waals surface area contributed by atoms with Crippen LogP contribution in [0.1, 0.15) is 29.6 Å². The van der Waals surface area contributed by atoms with Gasteiger partial charge >= 0.3 is 0 Å². The number of methoxy groups -OCH3 is 1. The van der Waals surface area contributed by atoms with Gasteiger partial charge in [0.25, 0.3) is 5.91 Å². The molecule has 0 spiro atoms. The van der Waals surface area contributed by atoms with E-state index in [2.05, 4.69) is 0 Å². The standard InChI is InChI=1S/C13H17NO2/c1-16-12-9-5-6-10-14(12)13(15)11-7-3-2-4-8-11/h2-4,7-8,12H,5-6,9-10H2,1H3/t12-/m0/s1. The highest BCUT2D eigenvalue weighted by Gasteiger charge is 2.26. The Morgan fingerprint density at radius 3 is 2.75 bits per heavy atom. The SMILES string of the molecule is CO[C@H]1CCCCN1C(=O)c1ccccc1. The highest BCUT2D eigenvalue weighted by atomic mass is 16.5. The van der Waals surface area contributed by atoms with Gasteiger partial charge in [0.05, 0.1) is 0 Å². The molecule has 3 nitrogen and oxygen atoms in total. The maximum Gasteiger partial charge on any atom is 0.255 e. The minimum Gasteiger partial charge on any atom is -0.362 e. The molecule has 1 amide bonds. The first kappa shape index (κ1) is 11.1. The molecule has 0 N–H and O–H groups in total. The molecule has 1 aromatic carbocycles. The fourth-order valence-electron chi connectivity index (χ4n) is 2.12. The quantitative estimate of drug-likeness (QED) is 0.763. The zero-order valence-electron chi connectivity index (χ0n) is 9.56. The Morgan fingerprint density at radius 1 is 1.31 bits per heavy atom. The zero-order chi connectivity index (χ0) is 11.4. The number of likely N-dealkylation sites (tertiary alicyclic amines) is 1. The average Bonchev–Trinajstić information content (AvgIpc) is 2.39. The van der Waals surface area contributed by atoms with Crippen LogP contribution >= 0.6 is 0 Å². The molecule has 1 aliphatic heterocycles. The van der Waals surface area contributed by atoms with Crippen molar-refractivity contribution < 1.29 is 9.53 Å². The third-order valence-corrected chi connectivity index (χ3v) is 3.00. The summed E-state index contributed by atoms with van der Waals surface area (Å²) in [6, 6.07) is 9.39. The van der Waals surface area contributed by atoms with Gasteiger partial charge in [-0.3, -0.25) is 4.79 Å². The lowest BCUT2D eigenvalue weighted by molar-refractivity contribution is -0.0397. The molecular weight excluding hydrogens is 202 g/mol. The molecule has 0 bridgehead atoms. The van der Waals surface area contributed by atoms with Crippen LogP contribution in [0.4, 0.5) is 0 Å². The summed E-state index contributed by atoms with van der Waals surface area (Å²) in [6.45, 7) is 0.798. The Labute approximate surface area is 96.0 Å². The molecule has 0 unspecified atom stereocenters. The lowest BCUT2D eigenvalue weighted by atomic mass is 10.1. The predicted octanol–water partition coefficient (Wildman–Crippen LogP) is 2.29. The topological polar surface area (TPSA) is 29.5 Å². The molecule has 16 heavy (non-hydrogen) atoms. The Hall–Kier alpha value is -1.35. The van der Waals surface area contributed by atoms with Gasteiger partial charge in [0, 0.05) is 19.2 Å². The van der Waals surface area contributed by atoms with Gasteiger partial charge in [-0.25, -0.2) is 0 Å². The molecule has 0 radical (unpaired) electrons. The molecule has 2 rings (SSSR count). The summed E-state index contributed by atoms with van der Waals surface area (Å²) in [6.07, 6.45) is 3.09. The predicted molar refractivity (Wildman–Crippen MR) is 62.1 cm³/mol. The number of benzene rings is 1. The first-order chi connectivity index (χ1) is 7.83. The largest absolute Gasteiger partial charge is 0.362 e. The highest BCUT2D eigenvalue weighted by Crippen LogP contribution is 2.19. The summed E-state index contributed by atoms with van der Waals surface area (Å²) in [5.41, 5.74) is 0.742. The van der Waals surface area contributed by atoms with Crippen molar-refractivity contribution in [1.29, 1.82) is 0 Å². The number of rotatable bonds is 2. The van der Waals surface area contributed by atoms with Crippen molar-refractivity contribution in [2.75, 3.05) is 13.7 Å². The van der Waals surface area contributed by atoms with E-state index < -0.39 is 0 Å². The number of hydrogen-bond donors (Lipinski definition) is 0.